The molecule has 1 aliphatic rings. The predicted molar refractivity (Wildman–Crippen MR) is 118 cm³/mol. The molecule has 0 bridgehead atoms. The average molecular weight is 541 g/mol. The van der Waals surface area contributed by atoms with E-state index in [9.17, 15) is 0 Å². The maximum atomic E-state index is 6.09. The summed E-state index contributed by atoms with van der Waals surface area (Å²) < 4.78 is 4.63. The van der Waals surface area contributed by atoms with E-state index < -0.39 is 3.93 Å². The summed E-state index contributed by atoms with van der Waals surface area (Å²) >= 11 is 11.0. The van der Waals surface area contributed by atoms with Gasteiger partial charge >= 0.3 is 0 Å². The molecular weight excluding hydrogens is 512 g/mol. The molecule has 24 heavy (non-hydrogen) atoms. The molecule has 1 nitrogen and oxygen atoms in total. The molecule has 0 spiro atoms. The van der Waals surface area contributed by atoms with Crippen LogP contribution >= 0.6 is 45.9 Å². The minimum Gasteiger partial charge on any atom is -0.378 e. The maximum Gasteiger partial charge on any atom is 0.267 e. The van der Waals surface area contributed by atoms with Crippen LogP contribution in [0.15, 0.2) is 24.3 Å². The van der Waals surface area contributed by atoms with Crippen molar-refractivity contribution in [2.45, 2.75) is 76.4 Å². The SMILES string of the molecule is CCCCc1ccc([C@H]2CC[C@H](OCCC[Si](Br)(Br)Br)CC2)cc1. The summed E-state index contributed by atoms with van der Waals surface area (Å²) in [7, 11) is 0. The normalized spacial score (nSPS) is 21.8. The number of hydrogen-bond acceptors (Lipinski definition) is 1. The van der Waals surface area contributed by atoms with Gasteiger partial charge in [0.15, 0.2) is 0 Å². The van der Waals surface area contributed by atoms with Crippen LogP contribution in [-0.4, -0.2) is 16.6 Å². The number of halogens is 3. The van der Waals surface area contributed by atoms with Crippen molar-refractivity contribution in [1.29, 1.82) is 0 Å². The minimum absolute atomic E-state index is 0.474. The Morgan fingerprint density at radius 2 is 1.67 bits per heavy atom. The summed E-state index contributed by atoms with van der Waals surface area (Å²) in [6, 6.07) is 10.5. The van der Waals surface area contributed by atoms with E-state index in [1.807, 2.05) is 0 Å². The van der Waals surface area contributed by atoms with E-state index >= 15 is 0 Å². The van der Waals surface area contributed by atoms with Gasteiger partial charge in [-0.3, -0.25) is 0 Å². The van der Waals surface area contributed by atoms with Gasteiger partial charge in [-0.2, -0.15) is 0 Å². The van der Waals surface area contributed by atoms with Crippen LogP contribution in [0, 0.1) is 0 Å². The summed E-state index contributed by atoms with van der Waals surface area (Å²) in [5.74, 6) is 0.734. The lowest BCUT2D eigenvalue weighted by atomic mass is 9.82. The molecule has 0 aromatic heterocycles. The van der Waals surface area contributed by atoms with E-state index in [1.165, 1.54) is 56.1 Å². The number of unbranched alkanes of at least 4 members (excludes halogenated alkanes) is 1. The Morgan fingerprint density at radius 3 is 2.25 bits per heavy atom. The van der Waals surface area contributed by atoms with Gasteiger partial charge in [0.25, 0.3) is 3.93 Å². The fourth-order valence-electron chi connectivity index (χ4n) is 3.42. The molecule has 1 aromatic carbocycles. The molecule has 0 unspecified atom stereocenters. The highest BCUT2D eigenvalue weighted by Gasteiger charge is 2.24. The van der Waals surface area contributed by atoms with Crippen molar-refractivity contribution >= 4 is 49.8 Å². The molecule has 0 N–H and O–H groups in total. The van der Waals surface area contributed by atoms with Crippen LogP contribution in [0.1, 0.15) is 68.9 Å². The maximum absolute atomic E-state index is 6.09. The van der Waals surface area contributed by atoms with E-state index in [0.717, 1.165) is 25.0 Å². The van der Waals surface area contributed by atoms with Gasteiger partial charge < -0.3 is 4.74 Å². The Bertz CT molecular complexity index is 464. The van der Waals surface area contributed by atoms with Crippen molar-refractivity contribution in [2.24, 2.45) is 0 Å². The van der Waals surface area contributed by atoms with Gasteiger partial charge in [-0.25, -0.2) is 0 Å². The molecule has 5 heteroatoms. The quantitative estimate of drug-likeness (QED) is 0.178. The van der Waals surface area contributed by atoms with Gasteiger partial charge in [0.1, 0.15) is 0 Å². The first kappa shape index (κ1) is 21.1. The van der Waals surface area contributed by atoms with Gasteiger partial charge in [-0.1, -0.05) is 83.5 Å². The molecule has 1 saturated carbocycles. The van der Waals surface area contributed by atoms with Crippen LogP contribution in [0.4, 0.5) is 0 Å². The van der Waals surface area contributed by atoms with Gasteiger partial charge in [-0.05, 0) is 68.0 Å². The zero-order valence-corrected chi connectivity index (χ0v) is 20.3. The first-order valence-corrected chi connectivity index (χ1v) is 18.2. The molecular formula is C19H29Br3OSi. The fraction of sp³-hybridized carbons (Fsp3) is 0.684. The summed E-state index contributed by atoms with van der Waals surface area (Å²) in [5.41, 5.74) is 3.02. The Hall–Kier alpha value is 0.837. The van der Waals surface area contributed by atoms with Crippen LogP contribution in [0.2, 0.25) is 6.04 Å². The highest BCUT2D eigenvalue weighted by Crippen LogP contribution is 2.35. The minimum atomic E-state index is -1.45. The number of ether oxygens (including phenoxy) is 1. The third-order valence-electron chi connectivity index (χ3n) is 4.90. The largest absolute Gasteiger partial charge is 0.378 e. The van der Waals surface area contributed by atoms with Crippen molar-refractivity contribution in [3.8, 4) is 0 Å². The van der Waals surface area contributed by atoms with Crippen LogP contribution < -0.4 is 0 Å². The average Bonchev–Trinajstić information content (AvgIpc) is 2.57. The lowest BCUT2D eigenvalue weighted by Gasteiger charge is -2.29. The smallest absolute Gasteiger partial charge is 0.267 e. The monoisotopic (exact) mass is 538 g/mol. The highest BCUT2D eigenvalue weighted by atomic mass is 80.0. The topological polar surface area (TPSA) is 9.23 Å². The second-order valence-corrected chi connectivity index (χ2v) is 30.4. The second kappa shape index (κ2) is 10.9. The first-order chi connectivity index (χ1) is 11.5. The van der Waals surface area contributed by atoms with Crippen LogP contribution in [-0.2, 0) is 11.2 Å². The van der Waals surface area contributed by atoms with Crippen molar-refractivity contribution in [1.82, 2.24) is 0 Å². The molecule has 2 rings (SSSR count). The molecule has 136 valence electrons. The number of benzene rings is 1. The molecule has 0 aliphatic heterocycles. The first-order valence-electron chi connectivity index (χ1n) is 9.25. The van der Waals surface area contributed by atoms with Crippen molar-refractivity contribution in [3.05, 3.63) is 35.4 Å². The zero-order chi connectivity index (χ0) is 17.4. The highest BCUT2D eigenvalue weighted by molar-refractivity contribution is 9.72. The lowest BCUT2D eigenvalue weighted by molar-refractivity contribution is 0.0251. The molecule has 1 fully saturated rings. The number of hydrogen-bond donors (Lipinski definition) is 0. The second-order valence-electron chi connectivity index (χ2n) is 6.91. The standard InChI is InChI=1S/C19H29Br3OSi/c1-2-3-5-16-6-8-17(9-7-16)18-10-12-19(13-11-18)23-14-4-15-24(20,21)22/h6-9,18-19H,2-5,10-15H2,1H3/t18-,19-. The van der Waals surface area contributed by atoms with E-state index in [-0.39, 0.29) is 0 Å². The van der Waals surface area contributed by atoms with Crippen LogP contribution in [0.5, 0.6) is 0 Å². The third kappa shape index (κ3) is 8.03. The lowest BCUT2D eigenvalue weighted by Crippen LogP contribution is -2.21. The Labute approximate surface area is 172 Å². The van der Waals surface area contributed by atoms with Gasteiger partial charge in [-0.15, -0.1) is 0 Å². The van der Waals surface area contributed by atoms with E-state index in [1.54, 1.807) is 0 Å². The zero-order valence-electron chi connectivity index (χ0n) is 14.6. The molecule has 0 atom stereocenters. The van der Waals surface area contributed by atoms with Gasteiger partial charge in [0, 0.05) is 6.61 Å². The summed E-state index contributed by atoms with van der Waals surface area (Å²) in [6.45, 7) is 3.14. The van der Waals surface area contributed by atoms with Crippen molar-refractivity contribution in [3.63, 3.8) is 0 Å². The third-order valence-corrected chi connectivity index (χ3v) is 9.39. The van der Waals surface area contributed by atoms with Gasteiger partial charge in [0.05, 0.1) is 6.10 Å². The summed E-state index contributed by atoms with van der Waals surface area (Å²) in [4.78, 5) is 0. The Kier molecular flexibility index (Phi) is 9.56. The van der Waals surface area contributed by atoms with E-state index in [4.69, 9.17) is 4.74 Å². The number of aryl methyl sites for hydroxylation is 1. The molecule has 0 heterocycles. The molecule has 0 amide bonds. The fourth-order valence-corrected chi connectivity index (χ4v) is 6.49. The molecule has 0 saturated heterocycles. The van der Waals surface area contributed by atoms with Gasteiger partial charge in [0.2, 0.25) is 0 Å². The predicted octanol–water partition coefficient (Wildman–Crippen LogP) is 7.59. The molecule has 1 aliphatic carbocycles. The van der Waals surface area contributed by atoms with E-state index in [0.29, 0.717) is 6.10 Å². The van der Waals surface area contributed by atoms with Crippen molar-refractivity contribution in [2.75, 3.05) is 6.61 Å². The van der Waals surface area contributed by atoms with E-state index in [2.05, 4.69) is 77.1 Å². The molecule has 1 aromatic rings. The number of rotatable bonds is 9. The molecule has 0 radical (unpaired) electrons. The summed E-state index contributed by atoms with van der Waals surface area (Å²) in [5, 5.41) is 0. The Morgan fingerprint density at radius 1 is 1.00 bits per heavy atom. The van der Waals surface area contributed by atoms with Crippen LogP contribution in [0.3, 0.4) is 0 Å². The Balaban J connectivity index is 1.68. The van der Waals surface area contributed by atoms with Crippen molar-refractivity contribution < 1.29 is 4.74 Å². The summed E-state index contributed by atoms with van der Waals surface area (Å²) in [6.07, 6.45) is 10.3. The van der Waals surface area contributed by atoms with Crippen LogP contribution in [0.25, 0.3) is 0 Å².